The molecule has 2 rings (SSSR count). The third-order valence-corrected chi connectivity index (χ3v) is 4.69. The van der Waals surface area contributed by atoms with Crippen LogP contribution < -0.4 is 20.7 Å². The molecule has 1 unspecified atom stereocenters. The van der Waals surface area contributed by atoms with Crippen LogP contribution in [0.25, 0.3) is 0 Å². The highest BCUT2D eigenvalue weighted by molar-refractivity contribution is 6.00. The summed E-state index contributed by atoms with van der Waals surface area (Å²) in [6.07, 6.45) is 0.567. The molecule has 9 nitrogen and oxygen atoms in total. The Morgan fingerprint density at radius 1 is 0.939 bits per heavy atom. The first-order valence-corrected chi connectivity index (χ1v) is 10.5. The van der Waals surface area contributed by atoms with Crippen molar-refractivity contribution in [2.24, 2.45) is 0 Å². The Balaban J connectivity index is 2.28. The number of carbonyl (C=O) groups excluding carboxylic acids is 4. The fourth-order valence-electron chi connectivity index (χ4n) is 3.12. The Morgan fingerprint density at radius 2 is 1.52 bits per heavy atom. The predicted molar refractivity (Wildman–Crippen MR) is 126 cm³/mol. The first-order chi connectivity index (χ1) is 15.6. The molecule has 2 aromatic carbocycles. The molecule has 2 aromatic rings. The lowest BCUT2D eigenvalue weighted by Gasteiger charge is -2.21. The average Bonchev–Trinajstić information content (AvgIpc) is 2.74. The van der Waals surface area contributed by atoms with Crippen molar-refractivity contribution in [3.63, 3.8) is 0 Å². The van der Waals surface area contributed by atoms with Crippen LogP contribution in [-0.2, 0) is 14.4 Å². The van der Waals surface area contributed by atoms with Crippen LogP contribution in [-0.4, -0.2) is 49.2 Å². The van der Waals surface area contributed by atoms with E-state index in [2.05, 4.69) is 16.0 Å². The topological polar surface area (TPSA) is 117 Å². The van der Waals surface area contributed by atoms with E-state index in [4.69, 9.17) is 4.74 Å². The summed E-state index contributed by atoms with van der Waals surface area (Å²) in [6, 6.07) is 11.5. The van der Waals surface area contributed by atoms with Crippen LogP contribution in [0.15, 0.2) is 42.5 Å². The van der Waals surface area contributed by atoms with Crippen molar-refractivity contribution >= 4 is 35.0 Å². The van der Waals surface area contributed by atoms with E-state index in [0.29, 0.717) is 23.5 Å². The third-order valence-electron chi connectivity index (χ3n) is 4.69. The maximum atomic E-state index is 13.1. The van der Waals surface area contributed by atoms with Crippen molar-refractivity contribution < 1.29 is 23.9 Å². The Bertz CT molecular complexity index is 1000. The zero-order valence-corrected chi connectivity index (χ0v) is 19.5. The highest BCUT2D eigenvalue weighted by Gasteiger charge is 2.19. The van der Waals surface area contributed by atoms with Gasteiger partial charge < -0.3 is 25.6 Å². The monoisotopic (exact) mass is 454 g/mol. The van der Waals surface area contributed by atoms with E-state index in [0.717, 1.165) is 5.56 Å². The van der Waals surface area contributed by atoms with E-state index >= 15 is 0 Å². The van der Waals surface area contributed by atoms with Gasteiger partial charge in [0.1, 0.15) is 5.75 Å². The maximum absolute atomic E-state index is 13.1. The molecule has 1 atom stereocenters. The molecule has 33 heavy (non-hydrogen) atoms. The maximum Gasteiger partial charge on any atom is 0.259 e. The Kier molecular flexibility index (Phi) is 8.97. The van der Waals surface area contributed by atoms with Gasteiger partial charge in [0.05, 0.1) is 6.04 Å². The number of hydrogen-bond donors (Lipinski definition) is 3. The molecule has 0 fully saturated rings. The van der Waals surface area contributed by atoms with Crippen LogP contribution in [0.4, 0.5) is 11.4 Å². The predicted octanol–water partition coefficient (Wildman–Crippen LogP) is 2.95. The van der Waals surface area contributed by atoms with Gasteiger partial charge in [0.2, 0.25) is 11.8 Å². The standard InChI is InChI=1S/C24H30N4O5/c1-6-21(20-9-7-8-10-22(20)33-14-23(31)28(4)5)27-24(32)17-11-18(25-15(2)29)13-19(12-17)26-16(3)30/h7-13,21H,6,14H2,1-5H3,(H,25,29)(H,26,30)(H,27,32). The summed E-state index contributed by atoms with van der Waals surface area (Å²) in [7, 11) is 3.30. The summed E-state index contributed by atoms with van der Waals surface area (Å²) in [5, 5.41) is 8.24. The molecule has 3 N–H and O–H groups in total. The molecule has 9 heteroatoms. The van der Waals surface area contributed by atoms with Crippen LogP contribution in [0, 0.1) is 0 Å². The SMILES string of the molecule is CCC(NC(=O)c1cc(NC(C)=O)cc(NC(C)=O)c1)c1ccccc1OCC(=O)N(C)C. The zero-order valence-electron chi connectivity index (χ0n) is 19.5. The minimum absolute atomic E-state index is 0.118. The first-order valence-electron chi connectivity index (χ1n) is 10.5. The molecule has 0 aromatic heterocycles. The van der Waals surface area contributed by atoms with Gasteiger partial charge in [-0.25, -0.2) is 0 Å². The molecule has 0 saturated heterocycles. The normalized spacial score (nSPS) is 11.2. The van der Waals surface area contributed by atoms with Gasteiger partial charge in [0, 0.05) is 50.4 Å². The van der Waals surface area contributed by atoms with Crippen molar-refractivity contribution in [1.29, 1.82) is 0 Å². The van der Waals surface area contributed by atoms with E-state index in [1.54, 1.807) is 32.3 Å². The molecular formula is C24H30N4O5. The fraction of sp³-hybridized carbons (Fsp3) is 0.333. The van der Waals surface area contributed by atoms with E-state index < -0.39 is 6.04 Å². The highest BCUT2D eigenvalue weighted by Crippen LogP contribution is 2.28. The van der Waals surface area contributed by atoms with Crippen molar-refractivity contribution in [1.82, 2.24) is 10.2 Å². The molecule has 0 aliphatic heterocycles. The van der Waals surface area contributed by atoms with Gasteiger partial charge in [0.15, 0.2) is 6.61 Å². The van der Waals surface area contributed by atoms with Crippen LogP contribution in [0.2, 0.25) is 0 Å². The van der Waals surface area contributed by atoms with Gasteiger partial charge in [-0.05, 0) is 30.7 Å². The Morgan fingerprint density at radius 3 is 2.03 bits per heavy atom. The molecule has 0 radical (unpaired) electrons. The van der Waals surface area contributed by atoms with Crippen molar-refractivity contribution in [3.8, 4) is 5.75 Å². The summed E-state index contributed by atoms with van der Waals surface area (Å²) in [6.45, 7) is 4.52. The second-order valence-corrected chi connectivity index (χ2v) is 7.71. The summed E-state index contributed by atoms with van der Waals surface area (Å²) in [5.74, 6) is -0.662. The molecule has 0 heterocycles. The van der Waals surface area contributed by atoms with Crippen molar-refractivity contribution in [2.75, 3.05) is 31.3 Å². The quantitative estimate of drug-likeness (QED) is 0.539. The van der Waals surface area contributed by atoms with Gasteiger partial charge >= 0.3 is 0 Å². The smallest absolute Gasteiger partial charge is 0.259 e. The van der Waals surface area contributed by atoms with E-state index in [1.807, 2.05) is 19.1 Å². The fourth-order valence-corrected chi connectivity index (χ4v) is 3.12. The number of rotatable bonds is 9. The minimum Gasteiger partial charge on any atom is -0.483 e. The molecule has 0 saturated carbocycles. The lowest BCUT2D eigenvalue weighted by atomic mass is 10.0. The van der Waals surface area contributed by atoms with Crippen LogP contribution in [0.5, 0.6) is 5.75 Å². The summed E-state index contributed by atoms with van der Waals surface area (Å²) >= 11 is 0. The number of likely N-dealkylation sites (N-methyl/N-ethyl adjacent to an activating group) is 1. The average molecular weight is 455 g/mol. The van der Waals surface area contributed by atoms with E-state index in [1.165, 1.54) is 30.9 Å². The Labute approximate surface area is 193 Å². The zero-order chi connectivity index (χ0) is 24.5. The number of hydrogen-bond acceptors (Lipinski definition) is 5. The number of benzene rings is 2. The van der Waals surface area contributed by atoms with E-state index in [-0.39, 0.29) is 35.8 Å². The summed E-state index contributed by atoms with van der Waals surface area (Å²) in [5.41, 5.74) is 1.78. The highest BCUT2D eigenvalue weighted by atomic mass is 16.5. The van der Waals surface area contributed by atoms with Crippen molar-refractivity contribution in [2.45, 2.75) is 33.2 Å². The molecule has 4 amide bonds. The third kappa shape index (κ3) is 7.64. The Hall–Kier alpha value is -3.88. The molecule has 0 aliphatic rings. The molecule has 176 valence electrons. The number of anilines is 2. The lowest BCUT2D eigenvalue weighted by Crippen LogP contribution is -2.30. The van der Waals surface area contributed by atoms with Gasteiger partial charge in [0.25, 0.3) is 11.8 Å². The number of carbonyl (C=O) groups is 4. The molecule has 0 spiro atoms. The van der Waals surface area contributed by atoms with Gasteiger partial charge in [-0.15, -0.1) is 0 Å². The number of amides is 4. The molecular weight excluding hydrogens is 424 g/mol. The summed E-state index contributed by atoms with van der Waals surface area (Å²) < 4.78 is 5.72. The largest absolute Gasteiger partial charge is 0.483 e. The van der Waals surface area contributed by atoms with Gasteiger partial charge in [-0.2, -0.15) is 0 Å². The number of nitrogens with one attached hydrogen (secondary N) is 3. The summed E-state index contributed by atoms with van der Waals surface area (Å²) in [4.78, 5) is 49.4. The van der Waals surface area contributed by atoms with E-state index in [9.17, 15) is 19.2 Å². The van der Waals surface area contributed by atoms with Gasteiger partial charge in [-0.3, -0.25) is 19.2 Å². The van der Waals surface area contributed by atoms with Gasteiger partial charge in [-0.1, -0.05) is 25.1 Å². The second kappa shape index (κ2) is 11.7. The molecule has 0 bridgehead atoms. The number of nitrogens with zero attached hydrogens (tertiary/aromatic N) is 1. The lowest BCUT2D eigenvalue weighted by molar-refractivity contribution is -0.130. The van der Waals surface area contributed by atoms with Crippen LogP contribution >= 0.6 is 0 Å². The van der Waals surface area contributed by atoms with Crippen LogP contribution in [0.1, 0.15) is 49.2 Å². The molecule has 0 aliphatic carbocycles. The number of ether oxygens (including phenoxy) is 1. The number of para-hydroxylation sites is 1. The minimum atomic E-state index is -0.392. The van der Waals surface area contributed by atoms with Crippen LogP contribution in [0.3, 0.4) is 0 Å². The van der Waals surface area contributed by atoms with Crippen molar-refractivity contribution in [3.05, 3.63) is 53.6 Å². The first kappa shape index (κ1) is 25.4. The second-order valence-electron chi connectivity index (χ2n) is 7.71.